The first-order chi connectivity index (χ1) is 12.9. The first-order valence-corrected chi connectivity index (χ1v) is 8.39. The Hall–Kier alpha value is -3.30. The summed E-state index contributed by atoms with van der Waals surface area (Å²) in [5.41, 5.74) is 1.32. The molecule has 3 rings (SSSR count). The van der Waals surface area contributed by atoms with Crippen LogP contribution in [0.25, 0.3) is 10.9 Å². The molecular weight excluding hydrogens is 342 g/mol. The number of nitrogens with one attached hydrogen (secondary N) is 1. The van der Waals surface area contributed by atoms with Gasteiger partial charge >= 0.3 is 0 Å². The largest absolute Gasteiger partial charge is 0.493 e. The zero-order valence-electron chi connectivity index (χ0n) is 15.7. The first-order valence-electron chi connectivity index (χ1n) is 8.39. The van der Waals surface area contributed by atoms with E-state index < -0.39 is 5.60 Å². The second kappa shape index (κ2) is 7.52. The number of ether oxygens (including phenoxy) is 2. The normalized spacial score (nSPS) is 10.9. The molecule has 6 heteroatoms. The lowest BCUT2D eigenvalue weighted by Crippen LogP contribution is -2.14. The highest BCUT2D eigenvalue weighted by atomic mass is 16.5. The Kier molecular flexibility index (Phi) is 5.15. The van der Waals surface area contributed by atoms with Crippen LogP contribution in [0.1, 0.15) is 19.4 Å². The van der Waals surface area contributed by atoms with E-state index in [1.165, 1.54) is 6.33 Å². The van der Waals surface area contributed by atoms with Gasteiger partial charge in [-0.2, -0.15) is 0 Å². The third-order valence-corrected chi connectivity index (χ3v) is 3.78. The quantitative estimate of drug-likeness (QED) is 0.691. The number of nitrogens with zero attached hydrogens (tertiary/aromatic N) is 2. The van der Waals surface area contributed by atoms with Crippen molar-refractivity contribution in [2.24, 2.45) is 0 Å². The number of methoxy groups -OCH3 is 2. The van der Waals surface area contributed by atoms with Crippen molar-refractivity contribution in [2.45, 2.75) is 19.4 Å². The topological polar surface area (TPSA) is 76.5 Å². The molecule has 0 radical (unpaired) electrons. The molecule has 0 saturated carbocycles. The fourth-order valence-corrected chi connectivity index (χ4v) is 2.52. The lowest BCUT2D eigenvalue weighted by molar-refractivity contribution is 0.143. The number of anilines is 2. The summed E-state index contributed by atoms with van der Waals surface area (Å²) in [6.07, 6.45) is 1.49. The molecule has 138 valence electrons. The monoisotopic (exact) mass is 363 g/mol. The SMILES string of the molecule is COc1cc2ncnc(Nc3cccc(C#CC(C)(C)O)c3)c2cc1OC. The minimum absolute atomic E-state index is 0.604. The second-order valence-electron chi connectivity index (χ2n) is 6.46. The molecule has 2 N–H and O–H groups in total. The zero-order chi connectivity index (χ0) is 19.4. The van der Waals surface area contributed by atoms with Crippen LogP contribution in [-0.4, -0.2) is 34.9 Å². The van der Waals surface area contributed by atoms with E-state index >= 15 is 0 Å². The van der Waals surface area contributed by atoms with Gasteiger partial charge in [0, 0.05) is 22.7 Å². The van der Waals surface area contributed by atoms with Gasteiger partial charge in [-0.15, -0.1) is 0 Å². The molecule has 2 aromatic carbocycles. The Morgan fingerprint density at radius 3 is 2.48 bits per heavy atom. The zero-order valence-corrected chi connectivity index (χ0v) is 15.7. The minimum Gasteiger partial charge on any atom is -0.493 e. The Morgan fingerprint density at radius 1 is 1.04 bits per heavy atom. The van der Waals surface area contributed by atoms with Crippen LogP contribution in [0.2, 0.25) is 0 Å². The molecule has 0 saturated heterocycles. The lowest BCUT2D eigenvalue weighted by Gasteiger charge is -2.12. The van der Waals surface area contributed by atoms with E-state index in [0.717, 1.165) is 22.2 Å². The van der Waals surface area contributed by atoms with E-state index in [9.17, 15) is 5.11 Å². The van der Waals surface area contributed by atoms with E-state index in [2.05, 4.69) is 27.1 Å². The number of aromatic nitrogens is 2. The Morgan fingerprint density at radius 2 is 1.78 bits per heavy atom. The minimum atomic E-state index is -1.04. The van der Waals surface area contributed by atoms with Crippen molar-refractivity contribution < 1.29 is 14.6 Å². The van der Waals surface area contributed by atoms with Gasteiger partial charge in [-0.3, -0.25) is 0 Å². The van der Waals surface area contributed by atoms with Gasteiger partial charge in [0.1, 0.15) is 17.7 Å². The van der Waals surface area contributed by atoms with Gasteiger partial charge in [-0.25, -0.2) is 9.97 Å². The lowest BCUT2D eigenvalue weighted by atomic mass is 10.1. The van der Waals surface area contributed by atoms with Crippen LogP contribution in [0.3, 0.4) is 0 Å². The molecule has 0 bridgehead atoms. The summed E-state index contributed by atoms with van der Waals surface area (Å²) in [7, 11) is 3.18. The number of fused-ring (bicyclic) bond motifs is 1. The van der Waals surface area contributed by atoms with E-state index in [1.807, 2.05) is 36.4 Å². The molecule has 0 aliphatic heterocycles. The predicted molar refractivity (Wildman–Crippen MR) is 106 cm³/mol. The highest BCUT2D eigenvalue weighted by molar-refractivity contribution is 5.93. The van der Waals surface area contributed by atoms with Gasteiger partial charge in [0.2, 0.25) is 0 Å². The summed E-state index contributed by atoms with van der Waals surface area (Å²) in [6.45, 7) is 3.30. The van der Waals surface area contributed by atoms with Gasteiger partial charge in [-0.1, -0.05) is 17.9 Å². The molecule has 27 heavy (non-hydrogen) atoms. The van der Waals surface area contributed by atoms with Gasteiger partial charge in [0.05, 0.1) is 19.7 Å². The van der Waals surface area contributed by atoms with Gasteiger partial charge in [0.15, 0.2) is 11.5 Å². The van der Waals surface area contributed by atoms with Crippen molar-refractivity contribution in [2.75, 3.05) is 19.5 Å². The van der Waals surface area contributed by atoms with Crippen molar-refractivity contribution in [3.05, 3.63) is 48.3 Å². The van der Waals surface area contributed by atoms with Gasteiger partial charge in [-0.05, 0) is 38.1 Å². The van der Waals surface area contributed by atoms with E-state index in [-0.39, 0.29) is 0 Å². The van der Waals surface area contributed by atoms with Crippen LogP contribution in [0.5, 0.6) is 11.5 Å². The Labute approximate surface area is 158 Å². The van der Waals surface area contributed by atoms with Crippen molar-refractivity contribution in [1.82, 2.24) is 9.97 Å². The molecule has 1 heterocycles. The molecule has 0 unspecified atom stereocenters. The molecule has 6 nitrogen and oxygen atoms in total. The summed E-state index contributed by atoms with van der Waals surface area (Å²) in [4.78, 5) is 8.66. The molecular formula is C21H21N3O3. The molecule has 0 spiro atoms. The van der Waals surface area contributed by atoms with Crippen LogP contribution in [0.4, 0.5) is 11.5 Å². The van der Waals surface area contributed by atoms with Gasteiger partial charge < -0.3 is 19.9 Å². The maximum absolute atomic E-state index is 9.77. The van der Waals surface area contributed by atoms with Crippen molar-refractivity contribution in [3.8, 4) is 23.3 Å². The first kappa shape index (κ1) is 18.5. The summed E-state index contributed by atoms with van der Waals surface area (Å²) in [5, 5.41) is 13.9. The number of hydrogen-bond donors (Lipinski definition) is 2. The number of rotatable bonds is 4. The maximum atomic E-state index is 9.77. The smallest absolute Gasteiger partial charge is 0.162 e. The Balaban J connectivity index is 1.98. The molecule has 0 aliphatic carbocycles. The third kappa shape index (κ3) is 4.46. The van der Waals surface area contributed by atoms with E-state index in [0.29, 0.717) is 17.3 Å². The number of benzene rings is 2. The summed E-state index contributed by atoms with van der Waals surface area (Å²) >= 11 is 0. The van der Waals surface area contributed by atoms with Crippen molar-refractivity contribution in [1.29, 1.82) is 0 Å². The molecule has 0 amide bonds. The molecule has 0 atom stereocenters. The maximum Gasteiger partial charge on any atom is 0.162 e. The highest BCUT2D eigenvalue weighted by Crippen LogP contribution is 2.34. The van der Waals surface area contributed by atoms with Crippen LogP contribution >= 0.6 is 0 Å². The summed E-state index contributed by atoms with van der Waals surface area (Å²) in [5.74, 6) is 7.64. The van der Waals surface area contributed by atoms with Crippen LogP contribution in [0, 0.1) is 11.8 Å². The third-order valence-electron chi connectivity index (χ3n) is 3.78. The van der Waals surface area contributed by atoms with Crippen molar-refractivity contribution >= 4 is 22.4 Å². The fraction of sp³-hybridized carbons (Fsp3) is 0.238. The van der Waals surface area contributed by atoms with Crippen molar-refractivity contribution in [3.63, 3.8) is 0 Å². The van der Waals surface area contributed by atoms with Gasteiger partial charge in [0.25, 0.3) is 0 Å². The molecule has 0 aliphatic rings. The number of aliphatic hydroxyl groups is 1. The van der Waals surface area contributed by atoms with E-state index in [4.69, 9.17) is 9.47 Å². The van der Waals surface area contributed by atoms with Crippen LogP contribution < -0.4 is 14.8 Å². The fourth-order valence-electron chi connectivity index (χ4n) is 2.52. The Bertz CT molecular complexity index is 1030. The van der Waals surface area contributed by atoms with E-state index in [1.54, 1.807) is 28.1 Å². The average molecular weight is 363 g/mol. The standard InChI is InChI=1S/C21H21N3O3/c1-21(2,25)9-8-14-6-5-7-15(10-14)24-20-16-11-18(26-3)19(27-4)12-17(16)22-13-23-20/h5-7,10-13,25H,1-4H3,(H,22,23,24). The highest BCUT2D eigenvalue weighted by Gasteiger charge is 2.11. The summed E-state index contributed by atoms with van der Waals surface area (Å²) < 4.78 is 10.7. The molecule has 1 aromatic heterocycles. The molecule has 3 aromatic rings. The molecule has 0 fully saturated rings. The van der Waals surface area contributed by atoms with Crippen LogP contribution in [-0.2, 0) is 0 Å². The summed E-state index contributed by atoms with van der Waals surface area (Å²) in [6, 6.07) is 11.2. The predicted octanol–water partition coefficient (Wildman–Crippen LogP) is 3.51. The second-order valence-corrected chi connectivity index (χ2v) is 6.46. The van der Waals surface area contributed by atoms with Crippen LogP contribution in [0.15, 0.2) is 42.7 Å². The number of hydrogen-bond acceptors (Lipinski definition) is 6. The average Bonchev–Trinajstić information content (AvgIpc) is 2.65.